The van der Waals surface area contributed by atoms with Crippen LogP contribution in [0.3, 0.4) is 0 Å². The molecule has 0 amide bonds. The van der Waals surface area contributed by atoms with Gasteiger partial charge < -0.3 is 10.1 Å². The first-order valence-electron chi connectivity index (χ1n) is 7.59. The highest BCUT2D eigenvalue weighted by atomic mass is 16.5. The summed E-state index contributed by atoms with van der Waals surface area (Å²) < 4.78 is 7.69. The summed E-state index contributed by atoms with van der Waals surface area (Å²) in [6.45, 7) is 10.3. The molecule has 4 nitrogen and oxygen atoms in total. The van der Waals surface area contributed by atoms with Crippen LogP contribution < -0.4 is 5.32 Å². The zero-order valence-electron chi connectivity index (χ0n) is 12.5. The Balaban J connectivity index is 2.05. The quantitative estimate of drug-likeness (QED) is 0.821. The maximum atomic E-state index is 5.56. The van der Waals surface area contributed by atoms with Crippen LogP contribution in [0.5, 0.6) is 0 Å². The topological polar surface area (TPSA) is 39.1 Å². The van der Waals surface area contributed by atoms with Crippen molar-refractivity contribution in [2.24, 2.45) is 5.92 Å². The van der Waals surface area contributed by atoms with E-state index in [0.29, 0.717) is 12.0 Å². The Bertz CT molecular complexity index is 383. The highest BCUT2D eigenvalue weighted by Gasteiger charge is 2.26. The molecule has 0 spiro atoms. The fourth-order valence-electron chi connectivity index (χ4n) is 2.87. The molecule has 1 aliphatic heterocycles. The number of rotatable bonds is 7. The van der Waals surface area contributed by atoms with Gasteiger partial charge in [0.1, 0.15) is 0 Å². The number of hydrogen-bond donors (Lipinski definition) is 1. The van der Waals surface area contributed by atoms with Gasteiger partial charge in [0, 0.05) is 37.2 Å². The molecule has 1 saturated heterocycles. The van der Waals surface area contributed by atoms with Crippen LogP contribution in [0.1, 0.15) is 38.1 Å². The number of aryl methyl sites for hydroxylation is 2. The Labute approximate surface area is 116 Å². The SMILES string of the molecule is CCCNC(Cc1cc(C)nn1CC)C1CCOC1. The predicted octanol–water partition coefficient (Wildman–Crippen LogP) is 2.16. The Morgan fingerprint density at radius 1 is 1.53 bits per heavy atom. The van der Waals surface area contributed by atoms with Gasteiger partial charge in [-0.25, -0.2) is 0 Å². The van der Waals surface area contributed by atoms with Crippen LogP contribution in [0.25, 0.3) is 0 Å². The van der Waals surface area contributed by atoms with E-state index >= 15 is 0 Å². The van der Waals surface area contributed by atoms with Crippen molar-refractivity contribution in [3.63, 3.8) is 0 Å². The molecule has 2 atom stereocenters. The molecule has 2 rings (SSSR count). The molecular formula is C15H27N3O. The van der Waals surface area contributed by atoms with E-state index in [1.54, 1.807) is 0 Å². The summed E-state index contributed by atoms with van der Waals surface area (Å²) in [6.07, 6.45) is 3.42. The molecule has 2 unspecified atom stereocenters. The zero-order valence-corrected chi connectivity index (χ0v) is 12.5. The number of aromatic nitrogens is 2. The summed E-state index contributed by atoms with van der Waals surface area (Å²) in [7, 11) is 0. The molecule has 0 saturated carbocycles. The summed E-state index contributed by atoms with van der Waals surface area (Å²) in [5, 5.41) is 8.25. The second-order valence-electron chi connectivity index (χ2n) is 5.48. The number of ether oxygens (including phenoxy) is 1. The van der Waals surface area contributed by atoms with E-state index in [2.05, 4.69) is 41.9 Å². The second kappa shape index (κ2) is 7.06. The third kappa shape index (κ3) is 3.80. The van der Waals surface area contributed by atoms with Crippen molar-refractivity contribution in [2.45, 2.75) is 52.6 Å². The Morgan fingerprint density at radius 3 is 3.00 bits per heavy atom. The molecule has 0 bridgehead atoms. The Kier molecular flexibility index (Phi) is 5.40. The van der Waals surface area contributed by atoms with Crippen molar-refractivity contribution in [3.05, 3.63) is 17.5 Å². The molecule has 1 aromatic rings. The number of hydrogen-bond acceptors (Lipinski definition) is 3. The van der Waals surface area contributed by atoms with Gasteiger partial charge in [0.05, 0.1) is 12.3 Å². The maximum absolute atomic E-state index is 5.56. The van der Waals surface area contributed by atoms with Crippen LogP contribution in [-0.2, 0) is 17.7 Å². The largest absolute Gasteiger partial charge is 0.381 e. The Hall–Kier alpha value is -0.870. The molecule has 1 fully saturated rings. The monoisotopic (exact) mass is 265 g/mol. The van der Waals surface area contributed by atoms with E-state index in [0.717, 1.165) is 38.4 Å². The van der Waals surface area contributed by atoms with Gasteiger partial charge >= 0.3 is 0 Å². The van der Waals surface area contributed by atoms with Gasteiger partial charge in [-0.05, 0) is 39.3 Å². The second-order valence-corrected chi connectivity index (χ2v) is 5.48. The number of nitrogens with zero attached hydrogens (tertiary/aromatic N) is 2. The lowest BCUT2D eigenvalue weighted by Crippen LogP contribution is -2.39. The van der Waals surface area contributed by atoms with Crippen LogP contribution in [0, 0.1) is 12.8 Å². The fraction of sp³-hybridized carbons (Fsp3) is 0.800. The highest BCUT2D eigenvalue weighted by molar-refractivity contribution is 5.11. The van der Waals surface area contributed by atoms with E-state index in [1.165, 1.54) is 18.5 Å². The Morgan fingerprint density at radius 2 is 2.37 bits per heavy atom. The molecule has 1 aromatic heterocycles. The van der Waals surface area contributed by atoms with Crippen molar-refractivity contribution >= 4 is 0 Å². The molecule has 0 aromatic carbocycles. The average Bonchev–Trinajstić information content (AvgIpc) is 3.03. The lowest BCUT2D eigenvalue weighted by atomic mass is 9.94. The van der Waals surface area contributed by atoms with Crippen molar-refractivity contribution in [3.8, 4) is 0 Å². The summed E-state index contributed by atoms with van der Waals surface area (Å²) >= 11 is 0. The van der Waals surface area contributed by atoms with Gasteiger partial charge in [-0.3, -0.25) is 4.68 Å². The van der Waals surface area contributed by atoms with Gasteiger partial charge in [0.25, 0.3) is 0 Å². The van der Waals surface area contributed by atoms with E-state index in [-0.39, 0.29) is 0 Å². The van der Waals surface area contributed by atoms with Gasteiger partial charge in [-0.2, -0.15) is 5.10 Å². The summed E-state index contributed by atoms with van der Waals surface area (Å²) in [5.41, 5.74) is 2.47. The summed E-state index contributed by atoms with van der Waals surface area (Å²) in [5.74, 6) is 0.645. The molecule has 108 valence electrons. The van der Waals surface area contributed by atoms with Crippen LogP contribution in [0.2, 0.25) is 0 Å². The minimum atomic E-state index is 0.517. The lowest BCUT2D eigenvalue weighted by molar-refractivity contribution is 0.176. The third-order valence-corrected chi connectivity index (χ3v) is 3.90. The van der Waals surface area contributed by atoms with E-state index in [9.17, 15) is 0 Å². The van der Waals surface area contributed by atoms with Crippen molar-refractivity contribution in [1.29, 1.82) is 0 Å². The maximum Gasteiger partial charge on any atom is 0.0596 e. The van der Waals surface area contributed by atoms with E-state index < -0.39 is 0 Å². The van der Waals surface area contributed by atoms with Crippen molar-refractivity contribution in [2.75, 3.05) is 19.8 Å². The first kappa shape index (κ1) is 14.5. The van der Waals surface area contributed by atoms with Crippen LogP contribution in [0.4, 0.5) is 0 Å². The first-order chi connectivity index (χ1) is 9.24. The molecule has 19 heavy (non-hydrogen) atoms. The molecule has 0 radical (unpaired) electrons. The third-order valence-electron chi connectivity index (χ3n) is 3.90. The summed E-state index contributed by atoms with van der Waals surface area (Å²) in [6, 6.07) is 2.74. The van der Waals surface area contributed by atoms with Gasteiger partial charge in [0.2, 0.25) is 0 Å². The fourth-order valence-corrected chi connectivity index (χ4v) is 2.87. The van der Waals surface area contributed by atoms with Gasteiger partial charge in [-0.15, -0.1) is 0 Å². The normalized spacial score (nSPS) is 20.9. The minimum Gasteiger partial charge on any atom is -0.381 e. The van der Waals surface area contributed by atoms with E-state index in [1.807, 2.05) is 0 Å². The predicted molar refractivity (Wildman–Crippen MR) is 77.3 cm³/mol. The lowest BCUT2D eigenvalue weighted by Gasteiger charge is -2.24. The molecule has 0 aliphatic carbocycles. The molecule has 1 N–H and O–H groups in total. The first-order valence-corrected chi connectivity index (χ1v) is 7.59. The zero-order chi connectivity index (χ0) is 13.7. The average molecular weight is 265 g/mol. The molecule has 4 heteroatoms. The van der Waals surface area contributed by atoms with Crippen molar-refractivity contribution < 1.29 is 4.74 Å². The van der Waals surface area contributed by atoms with Crippen LogP contribution >= 0.6 is 0 Å². The smallest absolute Gasteiger partial charge is 0.0596 e. The summed E-state index contributed by atoms with van der Waals surface area (Å²) in [4.78, 5) is 0. The van der Waals surface area contributed by atoms with Crippen molar-refractivity contribution in [1.82, 2.24) is 15.1 Å². The number of nitrogens with one attached hydrogen (secondary N) is 1. The van der Waals surface area contributed by atoms with Crippen LogP contribution in [-0.4, -0.2) is 35.6 Å². The standard InChI is InChI=1S/C15H27N3O/c1-4-7-16-15(13-6-8-19-11-13)10-14-9-12(3)17-18(14)5-2/h9,13,15-16H,4-8,10-11H2,1-3H3. The molecule has 1 aliphatic rings. The molecule has 2 heterocycles. The van der Waals surface area contributed by atoms with Gasteiger partial charge in [-0.1, -0.05) is 6.92 Å². The van der Waals surface area contributed by atoms with Gasteiger partial charge in [0.15, 0.2) is 0 Å². The molecular weight excluding hydrogens is 238 g/mol. The minimum absolute atomic E-state index is 0.517. The van der Waals surface area contributed by atoms with E-state index in [4.69, 9.17) is 4.74 Å². The van der Waals surface area contributed by atoms with Crippen LogP contribution in [0.15, 0.2) is 6.07 Å². The highest BCUT2D eigenvalue weighted by Crippen LogP contribution is 2.20.